The first-order chi connectivity index (χ1) is 13.1. The van der Waals surface area contributed by atoms with Crippen molar-refractivity contribution in [3.05, 3.63) is 48.7 Å². The zero-order chi connectivity index (χ0) is 18.8. The number of ether oxygens (including phenoxy) is 1. The Morgan fingerprint density at radius 2 is 2.04 bits per heavy atom. The van der Waals surface area contributed by atoms with Crippen molar-refractivity contribution in [3.8, 4) is 11.1 Å². The first-order valence-electron chi connectivity index (χ1n) is 9.04. The molecule has 1 N–H and O–H groups in total. The van der Waals surface area contributed by atoms with E-state index < -0.39 is 0 Å². The maximum absolute atomic E-state index is 12.3. The largest absolute Gasteiger partial charge is 0.366 e. The van der Waals surface area contributed by atoms with Gasteiger partial charge in [-0.1, -0.05) is 0 Å². The van der Waals surface area contributed by atoms with Gasteiger partial charge in [-0.15, -0.1) is 5.10 Å². The molecule has 3 aromatic heterocycles. The maximum atomic E-state index is 12.3. The summed E-state index contributed by atoms with van der Waals surface area (Å²) >= 11 is 0. The number of carbonyl (C=O) groups is 1. The van der Waals surface area contributed by atoms with Crippen LogP contribution in [0.1, 0.15) is 25.8 Å². The molecule has 2 amide bonds. The molecule has 0 radical (unpaired) electrons. The van der Waals surface area contributed by atoms with E-state index >= 15 is 0 Å². The summed E-state index contributed by atoms with van der Waals surface area (Å²) < 4.78 is 7.58. The molecule has 1 fully saturated rings. The number of hydrogen-bond acceptors (Lipinski definition) is 5. The normalized spacial score (nSPS) is 17.4. The van der Waals surface area contributed by atoms with E-state index in [0.29, 0.717) is 25.5 Å². The van der Waals surface area contributed by atoms with E-state index in [9.17, 15) is 4.79 Å². The van der Waals surface area contributed by atoms with Gasteiger partial charge in [-0.2, -0.15) is 0 Å². The summed E-state index contributed by atoms with van der Waals surface area (Å²) in [5.74, 6) is 0.587. The topological polar surface area (TPSA) is 84.7 Å². The van der Waals surface area contributed by atoms with E-state index in [0.717, 1.165) is 16.8 Å². The Hall–Kier alpha value is -3.00. The van der Waals surface area contributed by atoms with Crippen LogP contribution < -0.4 is 5.32 Å². The zero-order valence-electron chi connectivity index (χ0n) is 15.4. The van der Waals surface area contributed by atoms with Gasteiger partial charge >= 0.3 is 6.03 Å². The Kier molecular flexibility index (Phi) is 4.72. The molecule has 0 spiro atoms. The predicted octanol–water partition coefficient (Wildman–Crippen LogP) is 2.28. The molecule has 1 aliphatic heterocycles. The molecular weight excluding hydrogens is 344 g/mol. The highest BCUT2D eigenvalue weighted by molar-refractivity contribution is 5.74. The van der Waals surface area contributed by atoms with Gasteiger partial charge in [-0.05, 0) is 43.7 Å². The van der Waals surface area contributed by atoms with Crippen molar-refractivity contribution in [1.82, 2.24) is 29.8 Å². The fourth-order valence-electron chi connectivity index (χ4n) is 3.08. The summed E-state index contributed by atoms with van der Waals surface area (Å²) in [6, 6.07) is 7.86. The molecule has 140 valence electrons. The van der Waals surface area contributed by atoms with Crippen LogP contribution in [0.4, 0.5) is 4.79 Å². The molecule has 3 aromatic rings. The van der Waals surface area contributed by atoms with Gasteiger partial charge in [0.25, 0.3) is 0 Å². The lowest BCUT2D eigenvalue weighted by molar-refractivity contribution is -0.0200. The minimum absolute atomic E-state index is 0.0814. The molecule has 27 heavy (non-hydrogen) atoms. The molecule has 4 rings (SSSR count). The fourth-order valence-corrected chi connectivity index (χ4v) is 3.08. The van der Waals surface area contributed by atoms with Crippen LogP contribution in [0.25, 0.3) is 16.8 Å². The van der Waals surface area contributed by atoms with Crippen LogP contribution in [0, 0.1) is 0 Å². The van der Waals surface area contributed by atoms with Gasteiger partial charge in [-0.3, -0.25) is 4.98 Å². The smallest absolute Gasteiger partial charge is 0.317 e. The number of urea groups is 1. The third kappa shape index (κ3) is 3.75. The number of nitrogens with one attached hydrogen (secondary N) is 1. The minimum Gasteiger partial charge on any atom is -0.366 e. The quantitative estimate of drug-likeness (QED) is 0.769. The monoisotopic (exact) mass is 366 g/mol. The summed E-state index contributed by atoms with van der Waals surface area (Å²) in [7, 11) is 0. The summed E-state index contributed by atoms with van der Waals surface area (Å²) in [6.07, 6.45) is 5.13. The summed E-state index contributed by atoms with van der Waals surface area (Å²) in [5.41, 5.74) is 2.84. The number of rotatable bonds is 3. The standard InChI is InChI=1S/C19H22N6O2/c1-13(2)21-19(26)24-9-10-27-16(12-24)18-22-17-4-3-15(11-25(17)23-18)14-5-7-20-8-6-14/h3-8,11,13,16H,9-10,12H2,1-2H3,(H,21,26)/t16-/m0/s1. The summed E-state index contributed by atoms with van der Waals surface area (Å²) in [5, 5.41) is 7.50. The van der Waals surface area contributed by atoms with E-state index in [1.807, 2.05) is 44.3 Å². The predicted molar refractivity (Wildman–Crippen MR) is 100 cm³/mol. The van der Waals surface area contributed by atoms with E-state index in [-0.39, 0.29) is 18.2 Å². The maximum Gasteiger partial charge on any atom is 0.317 e. The SMILES string of the molecule is CC(C)NC(=O)N1CCO[C@H](c2nc3ccc(-c4ccncc4)cn3n2)C1. The van der Waals surface area contributed by atoms with Gasteiger partial charge in [0.15, 0.2) is 11.5 Å². The summed E-state index contributed by atoms with van der Waals surface area (Å²) in [4.78, 5) is 22.7. The molecule has 0 unspecified atom stereocenters. The van der Waals surface area contributed by atoms with Gasteiger partial charge in [0.1, 0.15) is 6.10 Å². The number of morpholine rings is 1. The summed E-state index contributed by atoms with van der Waals surface area (Å²) in [6.45, 7) is 5.36. The number of amides is 2. The second kappa shape index (κ2) is 7.32. The van der Waals surface area contributed by atoms with Crippen molar-refractivity contribution < 1.29 is 9.53 Å². The van der Waals surface area contributed by atoms with E-state index in [1.54, 1.807) is 21.8 Å². The molecule has 0 saturated carbocycles. The number of carbonyl (C=O) groups excluding carboxylic acids is 1. The Morgan fingerprint density at radius 1 is 1.22 bits per heavy atom. The van der Waals surface area contributed by atoms with Gasteiger partial charge in [0.05, 0.1) is 13.2 Å². The Bertz CT molecular complexity index is 940. The van der Waals surface area contributed by atoms with Crippen LogP contribution >= 0.6 is 0 Å². The van der Waals surface area contributed by atoms with Crippen molar-refractivity contribution in [3.63, 3.8) is 0 Å². The molecule has 8 heteroatoms. The van der Waals surface area contributed by atoms with Crippen LogP contribution in [-0.2, 0) is 4.74 Å². The minimum atomic E-state index is -0.332. The molecule has 1 atom stereocenters. The van der Waals surface area contributed by atoms with E-state index in [4.69, 9.17) is 4.74 Å². The molecule has 0 aliphatic carbocycles. The highest BCUT2D eigenvalue weighted by atomic mass is 16.5. The highest BCUT2D eigenvalue weighted by Gasteiger charge is 2.28. The lowest BCUT2D eigenvalue weighted by Crippen LogP contribution is -2.49. The van der Waals surface area contributed by atoms with Crippen molar-refractivity contribution in [1.29, 1.82) is 0 Å². The number of aromatic nitrogens is 4. The van der Waals surface area contributed by atoms with Crippen molar-refractivity contribution in [2.75, 3.05) is 19.7 Å². The number of pyridine rings is 2. The Labute approximate surface area is 157 Å². The van der Waals surface area contributed by atoms with Gasteiger partial charge in [-0.25, -0.2) is 14.3 Å². The first kappa shape index (κ1) is 17.4. The fraction of sp³-hybridized carbons (Fsp3) is 0.368. The second-order valence-corrected chi connectivity index (χ2v) is 6.84. The van der Waals surface area contributed by atoms with Gasteiger partial charge < -0.3 is 15.0 Å². The van der Waals surface area contributed by atoms with E-state index in [2.05, 4.69) is 20.4 Å². The van der Waals surface area contributed by atoms with Crippen LogP contribution in [0.2, 0.25) is 0 Å². The van der Waals surface area contributed by atoms with Crippen LogP contribution in [-0.4, -0.2) is 56.3 Å². The molecule has 1 aliphatic rings. The Balaban J connectivity index is 1.56. The van der Waals surface area contributed by atoms with Crippen LogP contribution in [0.5, 0.6) is 0 Å². The number of hydrogen-bond donors (Lipinski definition) is 1. The van der Waals surface area contributed by atoms with Crippen LogP contribution in [0.15, 0.2) is 42.9 Å². The molecule has 1 saturated heterocycles. The van der Waals surface area contributed by atoms with E-state index in [1.165, 1.54) is 0 Å². The van der Waals surface area contributed by atoms with Crippen molar-refractivity contribution in [2.24, 2.45) is 0 Å². The average Bonchev–Trinajstić information content (AvgIpc) is 3.11. The number of nitrogens with zero attached hydrogens (tertiary/aromatic N) is 5. The third-order valence-electron chi connectivity index (χ3n) is 4.41. The van der Waals surface area contributed by atoms with Gasteiger partial charge in [0.2, 0.25) is 0 Å². The van der Waals surface area contributed by atoms with Crippen LogP contribution in [0.3, 0.4) is 0 Å². The number of fused-ring (bicyclic) bond motifs is 1. The van der Waals surface area contributed by atoms with Crippen molar-refractivity contribution >= 4 is 11.7 Å². The molecule has 0 aromatic carbocycles. The lowest BCUT2D eigenvalue weighted by Gasteiger charge is -2.32. The van der Waals surface area contributed by atoms with Gasteiger partial charge in [0, 0.05) is 36.7 Å². The Morgan fingerprint density at radius 3 is 2.81 bits per heavy atom. The first-order valence-corrected chi connectivity index (χ1v) is 9.04. The zero-order valence-corrected chi connectivity index (χ0v) is 15.4. The second-order valence-electron chi connectivity index (χ2n) is 6.84. The molecule has 8 nitrogen and oxygen atoms in total. The third-order valence-corrected chi connectivity index (χ3v) is 4.41. The molecule has 0 bridgehead atoms. The lowest BCUT2D eigenvalue weighted by atomic mass is 10.1. The highest BCUT2D eigenvalue weighted by Crippen LogP contribution is 2.22. The molecular formula is C19H22N6O2. The average molecular weight is 366 g/mol. The molecule has 4 heterocycles. The van der Waals surface area contributed by atoms with Crippen molar-refractivity contribution in [2.45, 2.75) is 26.0 Å².